The molecule has 1 aromatic carbocycles. The van der Waals surface area contributed by atoms with Crippen LogP contribution in [0.15, 0.2) is 28.8 Å². The molecular weight excluding hydrogens is 376 g/mol. The molecule has 1 fully saturated rings. The molecule has 0 aliphatic carbocycles. The molecule has 0 radical (unpaired) electrons. The second kappa shape index (κ2) is 7.75. The Balaban J connectivity index is 1.63. The maximum absolute atomic E-state index is 12.7. The zero-order chi connectivity index (χ0) is 19.6. The molecule has 0 saturated carbocycles. The van der Waals surface area contributed by atoms with Crippen LogP contribution < -0.4 is 5.32 Å². The summed E-state index contributed by atoms with van der Waals surface area (Å²) in [6, 6.07) is 5.58. The van der Waals surface area contributed by atoms with Crippen LogP contribution in [0, 0.1) is 23.0 Å². The number of piperidine rings is 1. The number of nitro benzene ring substituents is 1. The maximum Gasteiger partial charge on any atom is 0.283 e. The van der Waals surface area contributed by atoms with Gasteiger partial charge in [0.05, 0.1) is 4.92 Å². The van der Waals surface area contributed by atoms with E-state index in [-0.39, 0.29) is 28.1 Å². The fraction of sp³-hybridized carbons (Fsp3) is 0.353. The zero-order valence-electron chi connectivity index (χ0n) is 14.5. The van der Waals surface area contributed by atoms with Crippen LogP contribution in [-0.4, -0.2) is 39.9 Å². The quantitative estimate of drug-likeness (QED) is 0.631. The lowest BCUT2D eigenvalue weighted by Gasteiger charge is -2.31. The Kier molecular flexibility index (Phi) is 5.41. The molecule has 1 N–H and O–H groups in total. The maximum atomic E-state index is 12.7. The molecule has 3 rings (SSSR count). The van der Waals surface area contributed by atoms with Crippen LogP contribution in [-0.2, 0) is 4.79 Å². The number of nitrogens with zero attached hydrogens (tertiary/aromatic N) is 3. The number of halogens is 1. The molecule has 142 valence electrons. The Labute approximate surface area is 159 Å². The number of hydrogen-bond acceptors (Lipinski definition) is 6. The van der Waals surface area contributed by atoms with Crippen LogP contribution in [0.25, 0.3) is 0 Å². The monoisotopic (exact) mass is 392 g/mol. The number of likely N-dealkylation sites (tertiary alicyclic amines) is 1. The molecule has 10 heteroatoms. The van der Waals surface area contributed by atoms with Crippen molar-refractivity contribution in [2.24, 2.45) is 5.92 Å². The molecule has 1 aromatic heterocycles. The molecule has 1 saturated heterocycles. The summed E-state index contributed by atoms with van der Waals surface area (Å²) in [6.07, 6.45) is 0.908. The summed E-state index contributed by atoms with van der Waals surface area (Å²) < 4.78 is 4.91. The van der Waals surface area contributed by atoms with Gasteiger partial charge in [-0.1, -0.05) is 16.8 Å². The number of nitrogens with one attached hydrogen (secondary N) is 1. The van der Waals surface area contributed by atoms with E-state index in [1.54, 1.807) is 13.0 Å². The van der Waals surface area contributed by atoms with Crippen molar-refractivity contribution >= 4 is 34.9 Å². The number of benzene rings is 1. The summed E-state index contributed by atoms with van der Waals surface area (Å²) in [6.45, 7) is 2.38. The highest BCUT2D eigenvalue weighted by molar-refractivity contribution is 6.31. The van der Waals surface area contributed by atoms with Gasteiger partial charge in [0.15, 0.2) is 5.82 Å². The van der Waals surface area contributed by atoms with Crippen molar-refractivity contribution in [1.29, 1.82) is 0 Å². The summed E-state index contributed by atoms with van der Waals surface area (Å²) in [5.74, 6) is 0.0477. The highest BCUT2D eigenvalue weighted by atomic mass is 35.5. The van der Waals surface area contributed by atoms with Gasteiger partial charge in [0.2, 0.25) is 5.91 Å². The minimum atomic E-state index is -0.626. The first kappa shape index (κ1) is 18.8. The first-order chi connectivity index (χ1) is 12.8. The number of carbonyl (C=O) groups is 2. The lowest BCUT2D eigenvalue weighted by Crippen LogP contribution is -2.41. The number of rotatable bonds is 4. The van der Waals surface area contributed by atoms with Gasteiger partial charge in [0.1, 0.15) is 11.3 Å². The van der Waals surface area contributed by atoms with Crippen molar-refractivity contribution in [3.63, 3.8) is 0 Å². The number of amides is 2. The van der Waals surface area contributed by atoms with Crippen molar-refractivity contribution < 1.29 is 19.0 Å². The van der Waals surface area contributed by atoms with Gasteiger partial charge in [-0.25, -0.2) is 0 Å². The topological polar surface area (TPSA) is 119 Å². The van der Waals surface area contributed by atoms with E-state index in [1.807, 2.05) is 0 Å². The third-order valence-electron chi connectivity index (χ3n) is 4.42. The van der Waals surface area contributed by atoms with Gasteiger partial charge in [0.25, 0.3) is 11.6 Å². The number of nitro groups is 1. The second-order valence-corrected chi connectivity index (χ2v) is 6.73. The Morgan fingerprint density at radius 3 is 2.63 bits per heavy atom. The minimum absolute atomic E-state index is 0.00891. The third kappa shape index (κ3) is 4.25. The van der Waals surface area contributed by atoms with Gasteiger partial charge in [-0.05, 0) is 31.9 Å². The molecule has 2 amide bonds. The lowest BCUT2D eigenvalue weighted by atomic mass is 9.95. The van der Waals surface area contributed by atoms with Crippen LogP contribution in [0.1, 0.15) is 29.0 Å². The average Bonchev–Trinajstić information content (AvgIpc) is 3.05. The molecule has 0 atom stereocenters. The molecule has 27 heavy (non-hydrogen) atoms. The van der Waals surface area contributed by atoms with Crippen LogP contribution in [0.5, 0.6) is 0 Å². The van der Waals surface area contributed by atoms with Gasteiger partial charge in [0, 0.05) is 36.2 Å². The van der Waals surface area contributed by atoms with Crippen molar-refractivity contribution in [3.8, 4) is 0 Å². The highest BCUT2D eigenvalue weighted by Crippen LogP contribution is 2.27. The number of anilines is 1. The zero-order valence-corrected chi connectivity index (χ0v) is 15.2. The molecule has 0 unspecified atom stereocenters. The van der Waals surface area contributed by atoms with E-state index in [0.717, 1.165) is 6.07 Å². The first-order valence-corrected chi connectivity index (χ1v) is 8.70. The van der Waals surface area contributed by atoms with Crippen molar-refractivity contribution in [2.75, 3.05) is 18.4 Å². The number of carbonyl (C=O) groups excluding carboxylic acids is 2. The molecule has 0 spiro atoms. The van der Waals surface area contributed by atoms with Gasteiger partial charge in [-0.15, -0.1) is 0 Å². The molecular formula is C17H17ClN4O5. The Hall–Kier alpha value is -2.94. The van der Waals surface area contributed by atoms with E-state index < -0.39 is 10.8 Å². The van der Waals surface area contributed by atoms with Crippen LogP contribution in [0.3, 0.4) is 0 Å². The number of aromatic nitrogens is 1. The smallest absolute Gasteiger partial charge is 0.283 e. The predicted octanol–water partition coefficient (Wildman–Crippen LogP) is 3.04. The van der Waals surface area contributed by atoms with Gasteiger partial charge in [-0.3, -0.25) is 19.7 Å². The van der Waals surface area contributed by atoms with Crippen LogP contribution in [0.4, 0.5) is 11.5 Å². The van der Waals surface area contributed by atoms with E-state index in [2.05, 4.69) is 10.5 Å². The molecule has 2 heterocycles. The first-order valence-electron chi connectivity index (χ1n) is 8.32. The fourth-order valence-corrected chi connectivity index (χ4v) is 3.17. The highest BCUT2D eigenvalue weighted by Gasteiger charge is 2.31. The second-order valence-electron chi connectivity index (χ2n) is 6.30. The van der Waals surface area contributed by atoms with E-state index in [4.69, 9.17) is 16.1 Å². The third-order valence-corrected chi connectivity index (χ3v) is 4.65. The van der Waals surface area contributed by atoms with Crippen LogP contribution >= 0.6 is 11.6 Å². The number of aryl methyl sites for hydroxylation is 1. The SMILES string of the molecule is Cc1cc(NC(=O)C2CCN(C(=O)c3ccc(Cl)cc3[N+](=O)[O-])CC2)no1. The van der Waals surface area contributed by atoms with Crippen molar-refractivity contribution in [3.05, 3.63) is 50.7 Å². The normalized spacial score (nSPS) is 14.8. The summed E-state index contributed by atoms with van der Waals surface area (Å²) in [5, 5.41) is 17.8. The van der Waals surface area contributed by atoms with E-state index in [9.17, 15) is 19.7 Å². The minimum Gasteiger partial charge on any atom is -0.360 e. The van der Waals surface area contributed by atoms with E-state index in [0.29, 0.717) is 37.5 Å². The molecule has 9 nitrogen and oxygen atoms in total. The average molecular weight is 393 g/mol. The molecule has 2 aromatic rings. The van der Waals surface area contributed by atoms with Gasteiger partial charge >= 0.3 is 0 Å². The molecule has 1 aliphatic rings. The molecule has 1 aliphatic heterocycles. The Bertz CT molecular complexity index is 889. The van der Waals surface area contributed by atoms with Gasteiger partial charge in [-0.2, -0.15) is 0 Å². The largest absolute Gasteiger partial charge is 0.360 e. The summed E-state index contributed by atoms with van der Waals surface area (Å²) in [7, 11) is 0. The van der Waals surface area contributed by atoms with Gasteiger partial charge < -0.3 is 14.7 Å². The van der Waals surface area contributed by atoms with Crippen LogP contribution in [0.2, 0.25) is 5.02 Å². The summed E-state index contributed by atoms with van der Waals surface area (Å²) in [5.41, 5.74) is -0.334. The fourth-order valence-electron chi connectivity index (χ4n) is 3.01. The van der Waals surface area contributed by atoms with E-state index >= 15 is 0 Å². The summed E-state index contributed by atoms with van der Waals surface area (Å²) >= 11 is 5.79. The van der Waals surface area contributed by atoms with Crippen molar-refractivity contribution in [1.82, 2.24) is 10.1 Å². The Morgan fingerprint density at radius 2 is 2.04 bits per heavy atom. The summed E-state index contributed by atoms with van der Waals surface area (Å²) in [4.78, 5) is 37.0. The standard InChI is InChI=1S/C17H17ClN4O5/c1-10-8-15(20-27-10)19-16(23)11-4-6-21(7-5-11)17(24)13-3-2-12(18)9-14(13)22(25)26/h2-3,8-9,11H,4-7H2,1H3,(H,19,20,23). The number of hydrogen-bond donors (Lipinski definition) is 1. The molecule has 0 bridgehead atoms. The predicted molar refractivity (Wildman–Crippen MR) is 96.6 cm³/mol. The van der Waals surface area contributed by atoms with E-state index in [1.165, 1.54) is 17.0 Å². The lowest BCUT2D eigenvalue weighted by molar-refractivity contribution is -0.385. The Morgan fingerprint density at radius 1 is 1.33 bits per heavy atom. The van der Waals surface area contributed by atoms with Crippen molar-refractivity contribution in [2.45, 2.75) is 19.8 Å².